The Bertz CT molecular complexity index is 1520. The predicted octanol–water partition coefficient (Wildman–Crippen LogP) is -1.85. The fourth-order valence-electron chi connectivity index (χ4n) is 7.04. The number of rotatable bonds is 6. The molecule has 13 heteroatoms. The first-order valence-corrected chi connectivity index (χ1v) is 18.4. The molecule has 0 saturated carbocycles. The number of anilines is 1. The number of fused-ring (bicyclic) bond motifs is 6. The average Bonchev–Trinajstić information content (AvgIpc) is 3.64. The molecule has 6 aliphatic rings. The number of aromatic nitrogens is 2. The van der Waals surface area contributed by atoms with Crippen LogP contribution < -0.4 is 29.3 Å². The van der Waals surface area contributed by atoms with Gasteiger partial charge in [-0.25, -0.2) is 0 Å². The van der Waals surface area contributed by atoms with Gasteiger partial charge in [-0.1, -0.05) is 0 Å². The van der Waals surface area contributed by atoms with E-state index in [9.17, 15) is 13.2 Å². The SMILES string of the molecule is C=CC(=O)N1CC2CS(=O)(=O)CC1[I-]N2c1nc(O[C@@H]2CN(C)C[C@H]2OC)nc2c1CN(C1CCc3ccccc31)C2. The van der Waals surface area contributed by atoms with Crippen LogP contribution in [0.15, 0.2) is 36.9 Å². The van der Waals surface area contributed by atoms with E-state index in [4.69, 9.17) is 19.4 Å². The Hall–Kier alpha value is -2.33. The minimum atomic E-state index is -3.34. The number of likely N-dealkylation sites (tertiary alicyclic amines) is 1. The van der Waals surface area contributed by atoms with Crippen LogP contribution in [0, 0.1) is 0 Å². The van der Waals surface area contributed by atoms with E-state index in [1.54, 1.807) is 12.0 Å². The summed E-state index contributed by atoms with van der Waals surface area (Å²) in [6.07, 6.45) is 3.11. The number of hydrogen-bond donors (Lipinski definition) is 0. The van der Waals surface area contributed by atoms with Crippen molar-refractivity contribution in [3.63, 3.8) is 0 Å². The van der Waals surface area contributed by atoms with Gasteiger partial charge in [-0.05, 0) is 0 Å². The fourth-order valence-corrected chi connectivity index (χ4v) is 14.1. The van der Waals surface area contributed by atoms with Crippen LogP contribution >= 0.6 is 0 Å². The molecule has 1 aromatic carbocycles. The molecule has 5 aliphatic heterocycles. The maximum atomic E-state index is 13.1. The molecule has 8 rings (SSSR count). The van der Waals surface area contributed by atoms with Crippen molar-refractivity contribution >= 4 is 21.6 Å². The van der Waals surface area contributed by atoms with Gasteiger partial charge in [0.1, 0.15) is 0 Å². The van der Waals surface area contributed by atoms with Crippen LogP contribution in [0.1, 0.15) is 34.8 Å². The van der Waals surface area contributed by atoms with Crippen molar-refractivity contribution in [2.45, 2.75) is 54.3 Å². The van der Waals surface area contributed by atoms with E-state index in [-0.39, 0.29) is 39.7 Å². The first kappa shape index (κ1) is 28.4. The molecule has 1 amide bonds. The Morgan fingerprint density at radius 2 is 1.93 bits per heavy atom. The number of carbonyl (C=O) groups excluding carboxylic acids is 1. The molecule has 0 radical (unpaired) electrons. The van der Waals surface area contributed by atoms with Crippen molar-refractivity contribution in [1.82, 2.24) is 24.7 Å². The molecule has 2 bridgehead atoms. The molecule has 1 aliphatic carbocycles. The molecule has 2 aromatic rings. The van der Waals surface area contributed by atoms with E-state index in [1.807, 2.05) is 7.05 Å². The number of methoxy groups -OCH3 is 1. The molecule has 6 heterocycles. The third kappa shape index (κ3) is 5.10. The summed E-state index contributed by atoms with van der Waals surface area (Å²) >= 11 is -0.924. The van der Waals surface area contributed by atoms with E-state index >= 15 is 0 Å². The number of likely N-dealkylation sites (N-methyl/N-ethyl adjacent to an activating group) is 1. The van der Waals surface area contributed by atoms with Gasteiger partial charge < -0.3 is 0 Å². The molecule has 1 aromatic heterocycles. The number of hydrogen-bond acceptors (Lipinski definition) is 10. The summed E-state index contributed by atoms with van der Waals surface area (Å²) in [4.78, 5) is 29.1. The maximum absolute atomic E-state index is 13.1. The summed E-state index contributed by atoms with van der Waals surface area (Å²) in [7, 11) is 0.397. The van der Waals surface area contributed by atoms with Crippen molar-refractivity contribution in [3.05, 3.63) is 59.3 Å². The van der Waals surface area contributed by atoms with Gasteiger partial charge in [-0.3, -0.25) is 0 Å². The molecular weight excluding hydrogens is 671 g/mol. The Balaban J connectivity index is 1.26. The molecule has 0 N–H and O–H groups in total. The number of ether oxygens (including phenoxy) is 2. The topological polar surface area (TPSA) is 108 Å². The van der Waals surface area contributed by atoms with Crippen LogP contribution in [-0.4, -0.2) is 107 Å². The van der Waals surface area contributed by atoms with Gasteiger partial charge in [0, 0.05) is 0 Å². The fraction of sp³-hybridized carbons (Fsp3) is 0.552. The minimum absolute atomic E-state index is 0.00199. The van der Waals surface area contributed by atoms with Crippen LogP contribution in [0.2, 0.25) is 0 Å². The number of halogens is 1. The number of benzene rings is 1. The number of alkyl halides is 1. The predicted molar refractivity (Wildman–Crippen MR) is 152 cm³/mol. The molecule has 4 saturated heterocycles. The second-order valence-electron chi connectivity index (χ2n) is 11.8. The second kappa shape index (κ2) is 11.0. The third-order valence-corrected chi connectivity index (χ3v) is 15.0. The summed E-state index contributed by atoms with van der Waals surface area (Å²) in [5.41, 5.74) is 4.76. The van der Waals surface area contributed by atoms with Gasteiger partial charge >= 0.3 is 258 Å². The van der Waals surface area contributed by atoms with E-state index in [0.717, 1.165) is 36.5 Å². The number of sulfone groups is 1. The Morgan fingerprint density at radius 3 is 2.74 bits per heavy atom. The normalized spacial score (nSPS) is 30.5. The Labute approximate surface area is 257 Å². The molecule has 42 heavy (non-hydrogen) atoms. The molecular formula is C29H36IN6O5S-. The summed E-state index contributed by atoms with van der Waals surface area (Å²) in [5.74, 6) is 0.547. The van der Waals surface area contributed by atoms with E-state index < -0.39 is 31.3 Å². The van der Waals surface area contributed by atoms with Gasteiger partial charge in [0.25, 0.3) is 0 Å². The van der Waals surface area contributed by atoms with Crippen molar-refractivity contribution in [2.75, 3.05) is 48.4 Å². The molecule has 0 spiro atoms. The number of amides is 1. The second-order valence-corrected chi connectivity index (χ2v) is 17.0. The number of aryl methyl sites for hydroxylation is 1. The van der Waals surface area contributed by atoms with Crippen molar-refractivity contribution < 1.29 is 44.2 Å². The summed E-state index contributed by atoms with van der Waals surface area (Å²) in [6.45, 7) is 6.83. The Kier molecular flexibility index (Phi) is 7.44. The van der Waals surface area contributed by atoms with Gasteiger partial charge in [0.15, 0.2) is 0 Å². The molecule has 4 fully saturated rings. The average molecular weight is 708 g/mol. The van der Waals surface area contributed by atoms with E-state index in [0.29, 0.717) is 38.2 Å². The monoisotopic (exact) mass is 707 g/mol. The van der Waals surface area contributed by atoms with E-state index in [2.05, 4.69) is 43.8 Å². The molecule has 3 unspecified atom stereocenters. The van der Waals surface area contributed by atoms with Crippen molar-refractivity contribution in [3.8, 4) is 6.01 Å². The number of carbonyl (C=O) groups is 1. The Morgan fingerprint density at radius 1 is 1.12 bits per heavy atom. The van der Waals surface area contributed by atoms with Gasteiger partial charge in [-0.15, -0.1) is 0 Å². The molecule has 226 valence electrons. The molecule has 5 atom stereocenters. The van der Waals surface area contributed by atoms with E-state index in [1.165, 1.54) is 17.2 Å². The van der Waals surface area contributed by atoms with Crippen LogP contribution in [0.5, 0.6) is 6.01 Å². The summed E-state index contributed by atoms with van der Waals surface area (Å²) in [6, 6.07) is 8.90. The van der Waals surface area contributed by atoms with Crippen LogP contribution in [0.25, 0.3) is 0 Å². The first-order chi connectivity index (χ1) is 20.2. The third-order valence-electron chi connectivity index (χ3n) is 9.05. The van der Waals surface area contributed by atoms with Crippen LogP contribution in [0.4, 0.5) is 5.82 Å². The van der Waals surface area contributed by atoms with Crippen LogP contribution in [0.3, 0.4) is 0 Å². The standard InChI is InChI=1S/C29H36IN6O5S/c1-4-27(37)35-11-19-16-42(38,39)17-26(35)30-36(19)28-21-12-34(23-10-9-18-7-5-6-8-20(18)23)13-22(21)31-29(32-28)41-25-15-33(2)14-24(25)40-3/h4-8,19,23-26H,1,9-17H2,2-3H3/q-1/t19?,23?,24-,25-,26?/m1/s1. The van der Waals surface area contributed by atoms with Crippen molar-refractivity contribution in [2.24, 2.45) is 0 Å². The van der Waals surface area contributed by atoms with Gasteiger partial charge in [0.2, 0.25) is 0 Å². The quantitative estimate of drug-likeness (QED) is 0.112. The summed E-state index contributed by atoms with van der Waals surface area (Å²) < 4.78 is 40.1. The summed E-state index contributed by atoms with van der Waals surface area (Å²) in [5, 5.41) is 0. The van der Waals surface area contributed by atoms with Gasteiger partial charge in [0.05, 0.1) is 0 Å². The van der Waals surface area contributed by atoms with Crippen LogP contribution in [-0.2, 0) is 38.9 Å². The molecule has 11 nitrogen and oxygen atoms in total. The van der Waals surface area contributed by atoms with Crippen molar-refractivity contribution in [1.29, 1.82) is 0 Å². The zero-order chi connectivity index (χ0) is 29.2. The zero-order valence-corrected chi connectivity index (χ0v) is 26.8. The number of nitrogens with zero attached hydrogens (tertiary/aromatic N) is 6. The first-order valence-electron chi connectivity index (χ1n) is 14.4. The zero-order valence-electron chi connectivity index (χ0n) is 23.9. The van der Waals surface area contributed by atoms with Gasteiger partial charge in [-0.2, -0.15) is 0 Å².